The monoisotopic (exact) mass is 681 g/mol. The molecular formula is C47H31N5O. The molecule has 0 radical (unpaired) electrons. The van der Waals surface area contributed by atoms with E-state index in [-0.39, 0.29) is 6.17 Å². The van der Waals surface area contributed by atoms with Crippen molar-refractivity contribution in [1.82, 2.24) is 5.32 Å². The Hall–Kier alpha value is -7.23. The highest BCUT2D eigenvalue weighted by Gasteiger charge is 2.52. The number of aliphatic imine (C=N–C) groups is 2. The minimum Gasteiger partial charge on any atom is -0.456 e. The van der Waals surface area contributed by atoms with Crippen LogP contribution in [0.1, 0.15) is 50.7 Å². The molecule has 0 saturated carbocycles. The second-order valence-corrected chi connectivity index (χ2v) is 13.5. The van der Waals surface area contributed by atoms with E-state index in [9.17, 15) is 5.26 Å². The molecule has 0 bridgehead atoms. The Bertz CT molecular complexity index is 2710. The van der Waals surface area contributed by atoms with Gasteiger partial charge >= 0.3 is 0 Å². The number of nitrogen functional groups attached to an aromatic ring is 1. The van der Waals surface area contributed by atoms with Crippen molar-refractivity contribution in [1.29, 1.82) is 5.26 Å². The molecule has 0 amide bonds. The number of benzene rings is 7. The average molecular weight is 682 g/mol. The van der Waals surface area contributed by atoms with Gasteiger partial charge in [-0.2, -0.15) is 5.26 Å². The van der Waals surface area contributed by atoms with E-state index in [2.05, 4.69) is 108 Å². The summed E-state index contributed by atoms with van der Waals surface area (Å²) in [5.74, 6) is 2.83. The van der Waals surface area contributed by atoms with E-state index in [1.807, 2.05) is 60.7 Å². The number of nitrogens with one attached hydrogen (secondary N) is 1. The first-order valence-corrected chi connectivity index (χ1v) is 17.6. The molecule has 53 heavy (non-hydrogen) atoms. The van der Waals surface area contributed by atoms with Gasteiger partial charge in [-0.25, -0.2) is 9.98 Å². The van der Waals surface area contributed by atoms with E-state index in [4.69, 9.17) is 20.5 Å². The summed E-state index contributed by atoms with van der Waals surface area (Å²) < 4.78 is 7.00. The zero-order valence-corrected chi connectivity index (χ0v) is 28.5. The Morgan fingerprint density at radius 2 is 1.28 bits per heavy atom. The molecule has 0 fully saturated rings. The van der Waals surface area contributed by atoms with Crippen LogP contribution in [0.5, 0.6) is 11.5 Å². The molecule has 10 rings (SSSR count). The number of nitrogens with zero attached hydrogens (tertiary/aromatic N) is 3. The van der Waals surface area contributed by atoms with Crippen molar-refractivity contribution in [3.05, 3.63) is 208 Å². The van der Waals surface area contributed by atoms with Gasteiger partial charge in [-0.15, -0.1) is 0 Å². The van der Waals surface area contributed by atoms with Crippen LogP contribution >= 0.6 is 0 Å². The minimum atomic E-state index is -0.723. The van der Waals surface area contributed by atoms with Crippen LogP contribution in [0.4, 0.5) is 5.69 Å². The fourth-order valence-corrected chi connectivity index (χ4v) is 8.38. The van der Waals surface area contributed by atoms with E-state index in [0.717, 1.165) is 78.5 Å². The lowest BCUT2D eigenvalue weighted by Crippen LogP contribution is -2.35. The zero-order chi connectivity index (χ0) is 35.5. The predicted molar refractivity (Wildman–Crippen MR) is 210 cm³/mol. The van der Waals surface area contributed by atoms with E-state index >= 15 is 0 Å². The van der Waals surface area contributed by atoms with Crippen molar-refractivity contribution in [2.45, 2.75) is 11.6 Å². The maximum absolute atomic E-state index is 9.86. The van der Waals surface area contributed by atoms with Gasteiger partial charge in [-0.3, -0.25) is 0 Å². The molecule has 1 spiro atoms. The van der Waals surface area contributed by atoms with Crippen LogP contribution < -0.4 is 15.8 Å². The smallest absolute Gasteiger partial charge is 0.163 e. The van der Waals surface area contributed by atoms with Crippen LogP contribution in [-0.4, -0.2) is 11.7 Å². The number of amidine groups is 2. The predicted octanol–water partition coefficient (Wildman–Crippen LogP) is 9.77. The maximum atomic E-state index is 9.86. The minimum absolute atomic E-state index is 0.355. The number of nitriles is 1. The lowest BCUT2D eigenvalue weighted by atomic mass is 9.65. The highest BCUT2D eigenvalue weighted by Crippen LogP contribution is 2.63. The van der Waals surface area contributed by atoms with Crippen molar-refractivity contribution < 1.29 is 4.74 Å². The molecule has 250 valence electrons. The molecule has 2 heterocycles. The highest BCUT2D eigenvalue weighted by atomic mass is 16.5. The molecule has 3 aliphatic rings. The number of hydrogen-bond donors (Lipinski definition) is 2. The van der Waals surface area contributed by atoms with Gasteiger partial charge in [0.1, 0.15) is 23.5 Å². The van der Waals surface area contributed by atoms with Crippen LogP contribution in [0.15, 0.2) is 174 Å². The molecule has 7 aromatic rings. The average Bonchev–Trinajstić information content (AvgIpc) is 3.52. The highest BCUT2D eigenvalue weighted by molar-refractivity contribution is 6.14. The summed E-state index contributed by atoms with van der Waals surface area (Å²) in [5.41, 5.74) is 18.0. The fourth-order valence-electron chi connectivity index (χ4n) is 8.38. The normalized spacial score (nSPS) is 17.5. The third-order valence-corrected chi connectivity index (χ3v) is 10.5. The number of nitrogens with two attached hydrogens (primary N) is 1. The van der Waals surface area contributed by atoms with Crippen LogP contribution in [0.2, 0.25) is 0 Å². The number of hydrogen-bond acceptors (Lipinski definition) is 6. The molecule has 2 aliphatic heterocycles. The quantitative estimate of drug-likeness (QED) is 0.181. The van der Waals surface area contributed by atoms with Crippen molar-refractivity contribution in [3.63, 3.8) is 0 Å². The zero-order valence-electron chi connectivity index (χ0n) is 28.5. The summed E-state index contributed by atoms with van der Waals surface area (Å²) >= 11 is 0. The molecule has 0 aromatic heterocycles. The van der Waals surface area contributed by atoms with E-state index < -0.39 is 5.41 Å². The standard InChI is InChI=1S/C47H31N5O/c48-28-29-25-32(27-33(49)26-29)34-18-11-22-39-42(34)35-17-7-8-20-37(35)47(39)38-21-9-10-24-41(38)53-43-36(19-12-23-40(43)47)46-51-44(30-13-3-1-4-14-30)50-45(52-46)31-15-5-2-6-16-31/h1-27,44H,49H2,(H,50,51,52). The van der Waals surface area contributed by atoms with Crippen LogP contribution in [0.25, 0.3) is 22.3 Å². The van der Waals surface area contributed by atoms with E-state index in [1.165, 1.54) is 0 Å². The molecule has 6 nitrogen and oxygen atoms in total. The summed E-state index contributed by atoms with van der Waals surface area (Å²) in [7, 11) is 0. The third-order valence-electron chi connectivity index (χ3n) is 10.5. The Morgan fingerprint density at radius 3 is 2.09 bits per heavy atom. The number of anilines is 1. The second kappa shape index (κ2) is 11.9. The van der Waals surface area contributed by atoms with E-state index in [0.29, 0.717) is 17.1 Å². The molecular weight excluding hydrogens is 651 g/mol. The summed E-state index contributed by atoms with van der Waals surface area (Å²) in [6.45, 7) is 0. The second-order valence-electron chi connectivity index (χ2n) is 13.5. The lowest BCUT2D eigenvalue weighted by Gasteiger charge is -2.40. The topological polar surface area (TPSA) is 95.8 Å². The third kappa shape index (κ3) is 4.65. The van der Waals surface area contributed by atoms with Gasteiger partial charge in [0.05, 0.1) is 22.6 Å². The lowest BCUT2D eigenvalue weighted by molar-refractivity contribution is 0.435. The molecule has 0 saturated heterocycles. The van der Waals surface area contributed by atoms with Gasteiger partial charge in [-0.1, -0.05) is 133 Å². The van der Waals surface area contributed by atoms with Gasteiger partial charge in [-0.05, 0) is 69.3 Å². The Morgan fingerprint density at radius 1 is 0.623 bits per heavy atom. The summed E-state index contributed by atoms with van der Waals surface area (Å²) in [4.78, 5) is 10.4. The summed E-state index contributed by atoms with van der Waals surface area (Å²) in [6.07, 6.45) is -0.355. The molecule has 7 aromatic carbocycles. The molecule has 2 unspecified atom stereocenters. The van der Waals surface area contributed by atoms with Crippen molar-refractivity contribution in [3.8, 4) is 39.8 Å². The number of fused-ring (bicyclic) bond motifs is 9. The van der Waals surface area contributed by atoms with Crippen LogP contribution in [-0.2, 0) is 5.41 Å². The molecule has 1 aliphatic carbocycles. The molecule has 3 N–H and O–H groups in total. The van der Waals surface area contributed by atoms with Crippen LogP contribution in [0, 0.1) is 11.3 Å². The Labute approximate surface area is 307 Å². The fraction of sp³-hybridized carbons (Fsp3) is 0.0426. The first kappa shape index (κ1) is 30.6. The van der Waals surface area contributed by atoms with Crippen molar-refractivity contribution in [2.75, 3.05) is 5.73 Å². The Kier molecular flexibility index (Phi) is 6.89. The summed E-state index contributed by atoms with van der Waals surface area (Å²) in [5, 5.41) is 13.4. The first-order chi connectivity index (χ1) is 26.1. The first-order valence-electron chi connectivity index (χ1n) is 17.6. The molecule has 2 atom stereocenters. The number of para-hydroxylation sites is 2. The SMILES string of the molecule is N#Cc1cc(N)cc(-c2cccc3c2-c2ccccc2C32c3ccccc3Oc3c(C4=NC(c5ccccc5)NC(c5ccccc5)=N4)cccc32)c1. The van der Waals surface area contributed by atoms with E-state index in [1.54, 1.807) is 6.07 Å². The van der Waals surface area contributed by atoms with Crippen molar-refractivity contribution >= 4 is 17.4 Å². The Balaban J connectivity index is 1.25. The van der Waals surface area contributed by atoms with Gasteiger partial charge < -0.3 is 15.8 Å². The van der Waals surface area contributed by atoms with Gasteiger partial charge in [0.25, 0.3) is 0 Å². The van der Waals surface area contributed by atoms with Gasteiger partial charge in [0, 0.05) is 22.4 Å². The number of ether oxygens (including phenoxy) is 1. The van der Waals surface area contributed by atoms with Gasteiger partial charge in [0.2, 0.25) is 0 Å². The maximum Gasteiger partial charge on any atom is 0.163 e. The largest absolute Gasteiger partial charge is 0.456 e. The van der Waals surface area contributed by atoms with Crippen molar-refractivity contribution in [2.24, 2.45) is 9.98 Å². The summed E-state index contributed by atoms with van der Waals surface area (Å²) in [6, 6.07) is 58.0. The number of rotatable bonds is 4. The molecule has 6 heteroatoms. The van der Waals surface area contributed by atoms with Gasteiger partial charge in [0.15, 0.2) is 5.84 Å². The van der Waals surface area contributed by atoms with Crippen LogP contribution in [0.3, 0.4) is 0 Å².